The summed E-state index contributed by atoms with van der Waals surface area (Å²) < 4.78 is 0. The molecule has 11 rings (SSSR count). The third kappa shape index (κ3) is 5.89. The summed E-state index contributed by atoms with van der Waals surface area (Å²) in [6.45, 7) is 0. The van der Waals surface area contributed by atoms with Crippen molar-refractivity contribution >= 4 is 5.69 Å². The number of likely N-dealkylation sites (tertiary alicyclic amines) is 1. The number of allylic oxidation sites excluding steroid dienone is 18. The lowest BCUT2D eigenvalue weighted by Crippen LogP contribution is -2.44. The van der Waals surface area contributed by atoms with Gasteiger partial charge in [0.2, 0.25) is 0 Å². The molecule has 0 radical (unpaired) electrons. The first kappa shape index (κ1) is 33.9. The Morgan fingerprint density at radius 2 is 1.09 bits per heavy atom. The Labute approximate surface area is 333 Å². The van der Waals surface area contributed by atoms with Crippen molar-refractivity contribution in [2.45, 2.75) is 55.4 Å². The molecule has 0 N–H and O–H groups in total. The Balaban J connectivity index is 0.893. The van der Waals surface area contributed by atoms with Crippen molar-refractivity contribution in [1.82, 2.24) is 4.90 Å². The summed E-state index contributed by atoms with van der Waals surface area (Å²) in [7, 11) is 0. The zero-order chi connectivity index (χ0) is 37.0. The van der Waals surface area contributed by atoms with Crippen LogP contribution in [0.3, 0.4) is 0 Å². The van der Waals surface area contributed by atoms with Gasteiger partial charge in [0.1, 0.15) is 0 Å². The molecule has 2 fully saturated rings. The van der Waals surface area contributed by atoms with Crippen LogP contribution in [0.5, 0.6) is 0 Å². The minimum absolute atomic E-state index is 0.289. The normalized spacial score (nSPS) is 35.6. The monoisotopic (exact) mass is 726 g/mol. The molecule has 2 aromatic rings. The van der Waals surface area contributed by atoms with Crippen molar-refractivity contribution in [1.29, 1.82) is 0 Å². The van der Waals surface area contributed by atoms with E-state index in [0.717, 1.165) is 19.3 Å². The lowest BCUT2D eigenvalue weighted by molar-refractivity contribution is 0.192. The van der Waals surface area contributed by atoms with Gasteiger partial charge in [0, 0.05) is 59.3 Å². The molecule has 2 heteroatoms. The highest BCUT2D eigenvalue weighted by atomic mass is 15.3. The minimum Gasteiger partial charge on any atom is -0.357 e. The zero-order valence-corrected chi connectivity index (χ0v) is 31.9. The Hall–Kier alpha value is -5.44. The second-order valence-electron chi connectivity index (χ2n) is 17.0. The predicted octanol–water partition coefficient (Wildman–Crippen LogP) is 11.7. The van der Waals surface area contributed by atoms with Gasteiger partial charge in [0.25, 0.3) is 0 Å². The van der Waals surface area contributed by atoms with E-state index in [4.69, 9.17) is 0 Å². The first-order valence-corrected chi connectivity index (χ1v) is 21.1. The largest absolute Gasteiger partial charge is 0.357 e. The van der Waals surface area contributed by atoms with Gasteiger partial charge in [-0.1, -0.05) is 188 Å². The quantitative estimate of drug-likeness (QED) is 0.292. The summed E-state index contributed by atoms with van der Waals surface area (Å²) >= 11 is 0. The Morgan fingerprint density at radius 3 is 1.80 bits per heavy atom. The van der Waals surface area contributed by atoms with Gasteiger partial charge in [-0.05, 0) is 64.8 Å². The fraction of sp³-hybridized carbons (Fsp3) is 0.259. The van der Waals surface area contributed by atoms with Crippen LogP contribution in [0.25, 0.3) is 11.1 Å². The molecular formula is C54H50N2. The highest BCUT2D eigenvalue weighted by Crippen LogP contribution is 2.49. The number of benzene rings is 2. The van der Waals surface area contributed by atoms with Gasteiger partial charge in [-0.25, -0.2) is 0 Å². The van der Waals surface area contributed by atoms with E-state index < -0.39 is 0 Å². The van der Waals surface area contributed by atoms with Gasteiger partial charge in [-0.3, -0.25) is 4.90 Å². The Bertz CT molecular complexity index is 2330. The van der Waals surface area contributed by atoms with E-state index in [9.17, 15) is 0 Å². The minimum atomic E-state index is 0.289. The molecule has 2 saturated heterocycles. The van der Waals surface area contributed by atoms with E-state index in [1.807, 2.05) is 0 Å². The smallest absolute Gasteiger partial charge is 0.0552 e. The number of anilines is 1. The summed E-state index contributed by atoms with van der Waals surface area (Å²) in [6, 6.07) is 20.1. The molecule has 2 nitrogen and oxygen atoms in total. The highest BCUT2D eigenvalue weighted by Gasteiger charge is 2.50. The van der Waals surface area contributed by atoms with Gasteiger partial charge >= 0.3 is 0 Å². The average Bonchev–Trinajstić information content (AvgIpc) is 3.79. The second-order valence-corrected chi connectivity index (χ2v) is 17.0. The van der Waals surface area contributed by atoms with E-state index in [2.05, 4.69) is 210 Å². The number of rotatable bonds is 6. The molecule has 7 aliphatic carbocycles. The Morgan fingerprint density at radius 1 is 0.464 bits per heavy atom. The van der Waals surface area contributed by atoms with Crippen molar-refractivity contribution in [3.05, 3.63) is 223 Å². The number of nitrogens with zero attached hydrogens (tertiary/aromatic N) is 2. The van der Waals surface area contributed by atoms with Crippen LogP contribution in [0, 0.1) is 29.6 Å². The maximum absolute atomic E-state index is 2.82. The van der Waals surface area contributed by atoms with Crippen molar-refractivity contribution in [2.75, 3.05) is 4.90 Å². The lowest BCUT2D eigenvalue weighted by atomic mass is 9.77. The van der Waals surface area contributed by atoms with Crippen molar-refractivity contribution in [3.8, 4) is 11.1 Å². The molecule has 2 heterocycles. The molecule has 56 heavy (non-hydrogen) atoms. The highest BCUT2D eigenvalue weighted by molar-refractivity contribution is 5.72. The van der Waals surface area contributed by atoms with E-state index in [0.29, 0.717) is 59.7 Å². The maximum Gasteiger partial charge on any atom is 0.0552 e. The summed E-state index contributed by atoms with van der Waals surface area (Å²) in [6.07, 6.45) is 63.0. The van der Waals surface area contributed by atoms with Crippen molar-refractivity contribution < 1.29 is 0 Å². The van der Waals surface area contributed by atoms with Gasteiger partial charge in [0.15, 0.2) is 0 Å². The molecule has 0 bridgehead atoms. The molecule has 11 atom stereocenters. The van der Waals surface area contributed by atoms with Crippen LogP contribution < -0.4 is 4.90 Å². The summed E-state index contributed by atoms with van der Waals surface area (Å²) in [4.78, 5) is 5.55. The van der Waals surface area contributed by atoms with Gasteiger partial charge < -0.3 is 4.90 Å². The molecule has 9 aliphatic rings. The van der Waals surface area contributed by atoms with Gasteiger partial charge in [-0.2, -0.15) is 0 Å². The van der Waals surface area contributed by atoms with Crippen molar-refractivity contribution in [2.24, 2.45) is 29.6 Å². The molecule has 11 unspecified atom stereocenters. The zero-order valence-electron chi connectivity index (χ0n) is 31.9. The number of hydrogen-bond acceptors (Lipinski definition) is 2. The molecule has 0 aromatic heterocycles. The molecule has 2 aliphatic heterocycles. The average molecular weight is 727 g/mol. The van der Waals surface area contributed by atoms with E-state index in [1.165, 1.54) is 39.1 Å². The first-order chi connectivity index (χ1) is 27.8. The van der Waals surface area contributed by atoms with E-state index in [-0.39, 0.29) is 6.04 Å². The van der Waals surface area contributed by atoms with E-state index >= 15 is 0 Å². The predicted molar refractivity (Wildman–Crippen MR) is 234 cm³/mol. The first-order valence-electron chi connectivity index (χ1n) is 21.1. The van der Waals surface area contributed by atoms with Gasteiger partial charge in [0.05, 0.1) is 12.1 Å². The van der Waals surface area contributed by atoms with Crippen LogP contribution >= 0.6 is 0 Å². The molecule has 0 saturated carbocycles. The SMILES string of the molecule is C1=CCC(C2=CCC(N3C4C=CC=CC4C4C=C(C5=CC6C7C=CC=CC7N(c7cc(-c8ccccc8)cc(C8C=CC=CC8)c7)C6C=C5)C=CC43)C=C2)C=C1. The number of hydrogen-bond donors (Lipinski definition) is 0. The maximum atomic E-state index is 2.82. The molecule has 0 spiro atoms. The number of fused-ring (bicyclic) bond motifs is 6. The van der Waals surface area contributed by atoms with Crippen LogP contribution in [0.15, 0.2) is 217 Å². The summed E-state index contributed by atoms with van der Waals surface area (Å²) in [5, 5.41) is 0. The van der Waals surface area contributed by atoms with Crippen molar-refractivity contribution in [3.63, 3.8) is 0 Å². The third-order valence-corrected chi connectivity index (χ3v) is 14.0. The standard InChI is InChI=1S/C54H50N2/c1-4-14-37(15-5-1)40-24-28-45(29-25-40)55-51-22-12-10-20-47(51)49-35-41(26-30-53(49)55)42-27-31-54-50(36-42)48-21-11-13-23-52(48)56(54)46-33-43(38-16-6-2-7-17-38)32-44(34-46)39-18-8-3-9-19-39/h1-14,16-18,20-28,30-37,39,45,47-54H,15,19,29H2. The fourth-order valence-corrected chi connectivity index (χ4v) is 11.3. The molecule has 276 valence electrons. The fourth-order valence-electron chi connectivity index (χ4n) is 11.3. The van der Waals surface area contributed by atoms with Crippen LogP contribution in [0.4, 0.5) is 5.69 Å². The van der Waals surface area contributed by atoms with Gasteiger partial charge in [-0.15, -0.1) is 0 Å². The molecule has 2 aromatic carbocycles. The molecule has 0 amide bonds. The van der Waals surface area contributed by atoms with E-state index in [1.54, 1.807) is 0 Å². The summed E-state index contributed by atoms with van der Waals surface area (Å²) in [5.74, 6) is 2.65. The van der Waals surface area contributed by atoms with Crippen LogP contribution in [0.2, 0.25) is 0 Å². The topological polar surface area (TPSA) is 6.48 Å². The van der Waals surface area contributed by atoms with Crippen LogP contribution in [-0.4, -0.2) is 35.1 Å². The van der Waals surface area contributed by atoms with Crippen LogP contribution in [-0.2, 0) is 0 Å². The Kier molecular flexibility index (Phi) is 8.62. The third-order valence-electron chi connectivity index (χ3n) is 14.0. The second kappa shape index (κ2) is 14.3. The summed E-state index contributed by atoms with van der Waals surface area (Å²) in [5.41, 5.74) is 9.55. The molecular weight excluding hydrogens is 677 g/mol. The lowest BCUT2D eigenvalue weighted by Gasteiger charge is -2.37. The van der Waals surface area contributed by atoms with Crippen LogP contribution in [0.1, 0.15) is 30.7 Å².